The van der Waals surface area contributed by atoms with Crippen molar-refractivity contribution in [3.8, 4) is 0 Å². The van der Waals surface area contributed by atoms with E-state index in [1.165, 1.54) is 31.2 Å². The fourth-order valence-corrected chi connectivity index (χ4v) is 1.16. The number of esters is 1. The molecule has 0 saturated heterocycles. The van der Waals surface area contributed by atoms with Gasteiger partial charge in [-0.15, -0.1) is 0 Å². The van der Waals surface area contributed by atoms with Gasteiger partial charge in [-0.1, -0.05) is 18.2 Å². The van der Waals surface area contributed by atoms with Gasteiger partial charge in [0.15, 0.2) is 5.60 Å². The number of ether oxygens (including phenoxy) is 1. The van der Waals surface area contributed by atoms with E-state index in [1.807, 2.05) is 0 Å². The molecular weight excluding hydrogens is 187 g/mol. The van der Waals surface area contributed by atoms with Gasteiger partial charge >= 0.3 is 5.97 Å². The summed E-state index contributed by atoms with van der Waals surface area (Å²) in [5.41, 5.74) is -2.04. The second-order valence-corrected chi connectivity index (χ2v) is 3.04. The highest BCUT2D eigenvalue weighted by Gasteiger charge is 2.35. The number of hydrogen-bond acceptors (Lipinski definition) is 3. The fraction of sp³-hybridized carbons (Fsp3) is 0.300. The molecular formula is C10H11FO3. The van der Waals surface area contributed by atoms with Crippen LogP contribution in [0.25, 0.3) is 0 Å². The summed E-state index contributed by atoms with van der Waals surface area (Å²) >= 11 is 0. The van der Waals surface area contributed by atoms with Gasteiger partial charge < -0.3 is 9.84 Å². The van der Waals surface area contributed by atoms with Crippen LogP contribution in [0.1, 0.15) is 12.5 Å². The monoisotopic (exact) mass is 198 g/mol. The molecule has 0 aromatic heterocycles. The summed E-state index contributed by atoms with van der Waals surface area (Å²) in [4.78, 5) is 11.1. The molecule has 14 heavy (non-hydrogen) atoms. The molecule has 3 nitrogen and oxygen atoms in total. The predicted octanol–water partition coefficient (Wildman–Crippen LogP) is 1.21. The maximum absolute atomic E-state index is 13.2. The number of methoxy groups -OCH3 is 1. The van der Waals surface area contributed by atoms with Gasteiger partial charge in [0.1, 0.15) is 5.82 Å². The van der Waals surface area contributed by atoms with E-state index in [2.05, 4.69) is 4.74 Å². The van der Waals surface area contributed by atoms with Crippen molar-refractivity contribution in [1.82, 2.24) is 0 Å². The number of benzene rings is 1. The molecule has 76 valence electrons. The SMILES string of the molecule is COC(=O)[C@](C)(O)c1ccccc1F. The Labute approximate surface area is 81.1 Å². The summed E-state index contributed by atoms with van der Waals surface area (Å²) in [5.74, 6) is -1.52. The van der Waals surface area contributed by atoms with Gasteiger partial charge in [0.25, 0.3) is 0 Å². The quantitative estimate of drug-likeness (QED) is 0.726. The molecule has 0 aliphatic heterocycles. The van der Waals surface area contributed by atoms with Crippen molar-refractivity contribution in [2.24, 2.45) is 0 Å². The lowest BCUT2D eigenvalue weighted by atomic mass is 9.96. The molecule has 4 heteroatoms. The molecule has 0 radical (unpaired) electrons. The first-order valence-corrected chi connectivity index (χ1v) is 4.06. The normalized spacial score (nSPS) is 14.6. The zero-order chi connectivity index (χ0) is 10.8. The Morgan fingerprint density at radius 1 is 1.50 bits per heavy atom. The Morgan fingerprint density at radius 3 is 2.57 bits per heavy atom. The molecule has 0 aliphatic rings. The van der Waals surface area contributed by atoms with E-state index in [9.17, 15) is 14.3 Å². The van der Waals surface area contributed by atoms with Crippen molar-refractivity contribution in [3.05, 3.63) is 35.6 Å². The highest BCUT2D eigenvalue weighted by atomic mass is 19.1. The number of aliphatic hydroxyl groups is 1. The largest absolute Gasteiger partial charge is 0.467 e. The van der Waals surface area contributed by atoms with Gasteiger partial charge in [-0.2, -0.15) is 0 Å². The van der Waals surface area contributed by atoms with Gasteiger partial charge in [-0.05, 0) is 13.0 Å². The molecule has 0 amide bonds. The lowest BCUT2D eigenvalue weighted by Crippen LogP contribution is -2.34. The van der Waals surface area contributed by atoms with E-state index in [4.69, 9.17) is 0 Å². The van der Waals surface area contributed by atoms with Crippen molar-refractivity contribution < 1.29 is 19.0 Å². The molecule has 1 aromatic rings. The maximum Gasteiger partial charge on any atom is 0.342 e. The van der Waals surface area contributed by atoms with Crippen molar-refractivity contribution in [2.75, 3.05) is 7.11 Å². The van der Waals surface area contributed by atoms with E-state index in [0.717, 1.165) is 7.11 Å². The molecule has 1 atom stereocenters. The number of carbonyl (C=O) groups excluding carboxylic acids is 1. The third-order valence-corrected chi connectivity index (χ3v) is 1.98. The smallest absolute Gasteiger partial charge is 0.342 e. The first-order valence-electron chi connectivity index (χ1n) is 4.06. The minimum Gasteiger partial charge on any atom is -0.467 e. The van der Waals surface area contributed by atoms with Crippen LogP contribution in [0.15, 0.2) is 24.3 Å². The van der Waals surface area contributed by atoms with E-state index in [1.54, 1.807) is 0 Å². The van der Waals surface area contributed by atoms with Crippen LogP contribution in [0.3, 0.4) is 0 Å². The number of rotatable bonds is 2. The summed E-state index contributed by atoms with van der Waals surface area (Å²) in [6.45, 7) is 1.19. The van der Waals surface area contributed by atoms with E-state index >= 15 is 0 Å². The molecule has 0 spiro atoms. The Hall–Kier alpha value is -1.42. The minimum atomic E-state index is -1.94. The first kappa shape index (κ1) is 10.7. The fourth-order valence-electron chi connectivity index (χ4n) is 1.16. The van der Waals surface area contributed by atoms with Crippen LogP contribution in [0.2, 0.25) is 0 Å². The number of hydrogen-bond donors (Lipinski definition) is 1. The summed E-state index contributed by atoms with van der Waals surface area (Å²) < 4.78 is 17.6. The molecule has 1 N–H and O–H groups in total. The number of carbonyl (C=O) groups is 1. The van der Waals surface area contributed by atoms with Gasteiger partial charge in [-0.3, -0.25) is 0 Å². The molecule has 0 fully saturated rings. The Kier molecular flexibility index (Phi) is 2.86. The summed E-state index contributed by atoms with van der Waals surface area (Å²) in [7, 11) is 1.14. The molecule has 0 unspecified atom stereocenters. The summed E-state index contributed by atoms with van der Waals surface area (Å²) in [5, 5.41) is 9.72. The van der Waals surface area contributed by atoms with Crippen molar-refractivity contribution >= 4 is 5.97 Å². The van der Waals surface area contributed by atoms with Crippen molar-refractivity contribution in [1.29, 1.82) is 0 Å². The van der Waals surface area contributed by atoms with Gasteiger partial charge in [0.05, 0.1) is 7.11 Å². The summed E-state index contributed by atoms with van der Waals surface area (Å²) in [6.07, 6.45) is 0. The molecule has 0 bridgehead atoms. The van der Waals surface area contributed by atoms with Crippen molar-refractivity contribution in [3.63, 3.8) is 0 Å². The average Bonchev–Trinajstić information content (AvgIpc) is 2.17. The first-order chi connectivity index (χ1) is 6.50. The Balaban J connectivity index is 3.16. The van der Waals surface area contributed by atoms with Crippen molar-refractivity contribution in [2.45, 2.75) is 12.5 Å². The van der Waals surface area contributed by atoms with Crippen LogP contribution in [0.4, 0.5) is 4.39 Å². The zero-order valence-corrected chi connectivity index (χ0v) is 7.95. The Bertz CT molecular complexity index is 347. The van der Waals surface area contributed by atoms with Crippen LogP contribution in [0.5, 0.6) is 0 Å². The third kappa shape index (κ3) is 1.75. The van der Waals surface area contributed by atoms with Gasteiger partial charge in [-0.25, -0.2) is 9.18 Å². The second kappa shape index (κ2) is 3.75. The topological polar surface area (TPSA) is 46.5 Å². The Morgan fingerprint density at radius 2 is 2.07 bits per heavy atom. The average molecular weight is 198 g/mol. The van der Waals surface area contributed by atoms with Crippen LogP contribution >= 0.6 is 0 Å². The molecule has 1 aromatic carbocycles. The molecule has 0 saturated carbocycles. The van der Waals surface area contributed by atoms with Crippen LogP contribution in [0, 0.1) is 5.82 Å². The number of halogens is 1. The molecule has 0 aliphatic carbocycles. The highest BCUT2D eigenvalue weighted by Crippen LogP contribution is 2.24. The van der Waals surface area contributed by atoms with Crippen LogP contribution in [-0.4, -0.2) is 18.2 Å². The standard InChI is InChI=1S/C10H11FO3/c1-10(13,9(12)14-2)7-5-3-4-6-8(7)11/h3-6,13H,1-2H3/t10-/m1/s1. The highest BCUT2D eigenvalue weighted by molar-refractivity contribution is 5.80. The van der Waals surface area contributed by atoms with Crippen LogP contribution in [-0.2, 0) is 15.1 Å². The van der Waals surface area contributed by atoms with E-state index in [0.29, 0.717) is 0 Å². The lowest BCUT2D eigenvalue weighted by molar-refractivity contribution is -0.161. The lowest BCUT2D eigenvalue weighted by Gasteiger charge is -2.20. The van der Waals surface area contributed by atoms with E-state index < -0.39 is 17.4 Å². The van der Waals surface area contributed by atoms with E-state index in [-0.39, 0.29) is 5.56 Å². The van der Waals surface area contributed by atoms with Gasteiger partial charge in [0.2, 0.25) is 0 Å². The minimum absolute atomic E-state index is 0.0909. The molecule has 1 rings (SSSR count). The van der Waals surface area contributed by atoms with Crippen LogP contribution < -0.4 is 0 Å². The maximum atomic E-state index is 13.2. The zero-order valence-electron chi connectivity index (χ0n) is 7.95. The third-order valence-electron chi connectivity index (χ3n) is 1.98. The predicted molar refractivity (Wildman–Crippen MR) is 48.0 cm³/mol. The summed E-state index contributed by atoms with van der Waals surface area (Å²) in [6, 6.07) is 5.53. The molecule has 0 heterocycles. The van der Waals surface area contributed by atoms with Gasteiger partial charge in [0, 0.05) is 5.56 Å². The second-order valence-electron chi connectivity index (χ2n) is 3.04.